The van der Waals surface area contributed by atoms with Gasteiger partial charge in [-0.05, 0) is 68.6 Å². The number of thiophene rings is 1. The Kier molecular flexibility index (Phi) is 4.97. The van der Waals surface area contributed by atoms with Gasteiger partial charge in [0.15, 0.2) is 17.5 Å². The fourth-order valence-electron chi connectivity index (χ4n) is 6.55. The van der Waals surface area contributed by atoms with Crippen LogP contribution in [0.5, 0.6) is 0 Å². The van der Waals surface area contributed by atoms with E-state index in [1.54, 1.807) is 12.1 Å². The highest BCUT2D eigenvalue weighted by molar-refractivity contribution is 7.26. The first-order valence-corrected chi connectivity index (χ1v) is 17.1. The van der Waals surface area contributed by atoms with Crippen LogP contribution >= 0.6 is 11.3 Å². The summed E-state index contributed by atoms with van der Waals surface area (Å²) in [4.78, 5) is 15.0. The van der Waals surface area contributed by atoms with Crippen molar-refractivity contribution in [3.05, 3.63) is 176 Å². The molecule has 0 bridgehead atoms. The van der Waals surface area contributed by atoms with Crippen LogP contribution in [0.1, 0.15) is 13.7 Å². The van der Waals surface area contributed by atoms with Crippen molar-refractivity contribution in [1.29, 1.82) is 0 Å². The van der Waals surface area contributed by atoms with Crippen LogP contribution in [-0.2, 0) is 0 Å². The molecule has 0 aliphatic rings. The Morgan fingerprint density at radius 2 is 0.902 bits per heavy atom. The van der Waals surface area contributed by atoms with Gasteiger partial charge < -0.3 is 0 Å². The summed E-state index contributed by atoms with van der Waals surface area (Å²) in [6.07, 6.45) is 0. The van der Waals surface area contributed by atoms with Gasteiger partial charge in [0.2, 0.25) is 0 Å². The lowest BCUT2D eigenvalue weighted by Gasteiger charge is -2.10. The summed E-state index contributed by atoms with van der Waals surface area (Å²) in [6.45, 7) is 0. The molecule has 3 nitrogen and oxygen atoms in total. The first kappa shape index (κ1) is 20.9. The Hall–Kier alpha value is -6.49. The molecule has 0 aliphatic heterocycles. The second kappa shape index (κ2) is 12.1. The highest BCUT2D eigenvalue weighted by Gasteiger charge is 2.17. The Labute approximate surface area is 313 Å². The van der Waals surface area contributed by atoms with Gasteiger partial charge in [-0.3, -0.25) is 0 Å². The lowest BCUT2D eigenvalue weighted by molar-refractivity contribution is 1.08. The van der Waals surface area contributed by atoms with Crippen molar-refractivity contribution < 1.29 is 13.7 Å². The summed E-state index contributed by atoms with van der Waals surface area (Å²) in [5, 5.41) is 5.61. The standard InChI is InChI=1S/C47H29N3S/c1-3-11-30(12-4-1)39-27-41(33-15-5-2-6-16-33)44-42(28-39)40-24-23-38(29-43(40)51-44)47-49-45(36-21-19-31-13-7-9-17-34(31)25-36)48-46(50-47)37-22-20-32-14-8-10-18-35(32)26-37/h1-29H/i1D,2D,3D,4D,5D,6D,11D,12D,15D,16D. The molecule has 0 saturated carbocycles. The fourth-order valence-corrected chi connectivity index (χ4v) is 7.79. The molecule has 0 atom stereocenters. The molecule has 10 aromatic rings. The number of hydrogen-bond acceptors (Lipinski definition) is 4. The number of hydrogen-bond donors (Lipinski definition) is 0. The van der Waals surface area contributed by atoms with E-state index in [1.165, 1.54) is 11.3 Å². The van der Waals surface area contributed by atoms with E-state index >= 15 is 0 Å². The minimum Gasteiger partial charge on any atom is -0.208 e. The molecular weight excluding hydrogens is 639 g/mol. The van der Waals surface area contributed by atoms with E-state index in [4.69, 9.17) is 28.7 Å². The average molecular weight is 678 g/mol. The molecule has 0 radical (unpaired) electrons. The average Bonchev–Trinajstić information content (AvgIpc) is 3.66. The molecule has 2 heterocycles. The van der Waals surface area contributed by atoms with E-state index in [9.17, 15) is 0 Å². The van der Waals surface area contributed by atoms with Crippen molar-refractivity contribution in [2.45, 2.75) is 0 Å². The van der Waals surface area contributed by atoms with Crippen molar-refractivity contribution in [2.24, 2.45) is 0 Å². The Morgan fingerprint density at radius 3 is 1.49 bits per heavy atom. The van der Waals surface area contributed by atoms with Crippen LogP contribution in [0.25, 0.3) is 98.1 Å². The number of benzene rings is 8. The van der Waals surface area contributed by atoms with Gasteiger partial charge in [0.25, 0.3) is 0 Å². The third-order valence-corrected chi connectivity index (χ3v) is 10.2. The maximum atomic E-state index is 8.91. The van der Waals surface area contributed by atoms with Crippen molar-refractivity contribution >= 4 is 53.1 Å². The van der Waals surface area contributed by atoms with E-state index in [1.807, 2.05) is 78.9 Å². The predicted molar refractivity (Wildman–Crippen MR) is 215 cm³/mol. The van der Waals surface area contributed by atoms with Crippen molar-refractivity contribution in [3.63, 3.8) is 0 Å². The summed E-state index contributed by atoms with van der Waals surface area (Å²) in [6, 6.07) is 32.6. The van der Waals surface area contributed by atoms with E-state index < -0.39 is 60.4 Å². The lowest BCUT2D eigenvalue weighted by Crippen LogP contribution is -2.00. The molecule has 0 fully saturated rings. The summed E-state index contributed by atoms with van der Waals surface area (Å²) in [5.74, 6) is 1.40. The first-order chi connectivity index (χ1) is 29.4. The second-order valence-electron chi connectivity index (χ2n) is 12.1. The van der Waals surface area contributed by atoms with Crippen molar-refractivity contribution in [2.75, 3.05) is 0 Å². The monoisotopic (exact) mass is 677 g/mol. The second-order valence-corrected chi connectivity index (χ2v) is 13.2. The smallest absolute Gasteiger partial charge is 0.164 e. The van der Waals surface area contributed by atoms with Crippen molar-refractivity contribution in [3.8, 4) is 56.4 Å². The highest BCUT2D eigenvalue weighted by atomic mass is 32.1. The third-order valence-electron chi connectivity index (χ3n) is 9.04. The number of aromatic nitrogens is 3. The van der Waals surface area contributed by atoms with E-state index in [0.717, 1.165) is 42.8 Å². The maximum Gasteiger partial charge on any atom is 0.164 e. The molecule has 238 valence electrons. The fraction of sp³-hybridized carbons (Fsp3) is 0. The largest absolute Gasteiger partial charge is 0.208 e. The third kappa shape index (κ3) is 5.34. The normalized spacial score (nSPS) is 14.3. The van der Waals surface area contributed by atoms with Crippen LogP contribution in [0.15, 0.2) is 176 Å². The summed E-state index contributed by atoms with van der Waals surface area (Å²) in [5.41, 5.74) is 2.70. The first-order valence-electron chi connectivity index (χ1n) is 21.3. The number of fused-ring (bicyclic) bond motifs is 5. The minimum atomic E-state index is -0.541. The van der Waals surface area contributed by atoms with Crippen LogP contribution in [0.2, 0.25) is 0 Å². The van der Waals surface area contributed by atoms with Crippen LogP contribution in [0.3, 0.4) is 0 Å². The minimum absolute atomic E-state index is 0.0606. The molecule has 0 spiro atoms. The molecule has 2 aromatic heterocycles. The Morgan fingerprint density at radius 1 is 0.392 bits per heavy atom. The zero-order valence-electron chi connectivity index (χ0n) is 36.7. The highest BCUT2D eigenvalue weighted by Crippen LogP contribution is 2.44. The van der Waals surface area contributed by atoms with Gasteiger partial charge in [0.05, 0.1) is 13.7 Å². The molecule has 0 saturated heterocycles. The van der Waals surface area contributed by atoms with Crippen LogP contribution in [0, 0.1) is 0 Å². The quantitative estimate of drug-likeness (QED) is 0.182. The molecular formula is C47H29N3S. The number of nitrogens with zero attached hydrogens (tertiary/aromatic N) is 3. The van der Waals surface area contributed by atoms with Gasteiger partial charge in [0.1, 0.15) is 0 Å². The lowest BCUT2D eigenvalue weighted by atomic mass is 9.96. The van der Waals surface area contributed by atoms with Crippen LogP contribution in [0.4, 0.5) is 0 Å². The maximum absolute atomic E-state index is 8.91. The van der Waals surface area contributed by atoms with Gasteiger partial charge in [-0.1, -0.05) is 145 Å². The predicted octanol–water partition coefficient (Wildman–Crippen LogP) is 12.9. The summed E-state index contributed by atoms with van der Waals surface area (Å²) in [7, 11) is 0. The number of rotatable bonds is 5. The van der Waals surface area contributed by atoms with Gasteiger partial charge in [-0.25, -0.2) is 15.0 Å². The molecule has 51 heavy (non-hydrogen) atoms. The van der Waals surface area contributed by atoms with Gasteiger partial charge in [0, 0.05) is 42.4 Å². The Bertz CT molecular complexity index is 3360. The zero-order valence-corrected chi connectivity index (χ0v) is 27.5. The van der Waals surface area contributed by atoms with Gasteiger partial charge in [-0.15, -0.1) is 11.3 Å². The summed E-state index contributed by atoms with van der Waals surface area (Å²) < 4.78 is 86.8. The van der Waals surface area contributed by atoms with Crippen molar-refractivity contribution in [1.82, 2.24) is 15.0 Å². The van der Waals surface area contributed by atoms with Crippen LogP contribution < -0.4 is 0 Å². The van der Waals surface area contributed by atoms with E-state index in [0.29, 0.717) is 33.1 Å². The molecule has 0 N–H and O–H groups in total. The molecule has 0 unspecified atom stereocenters. The molecule has 10 rings (SSSR count). The SMILES string of the molecule is [2H]c1c([2H])c([2H])c(-c2cc(-c3c([2H])c([2H])c([2H])c([2H])c3[2H])c3sc4cc(-c5nc(-c6ccc7ccccc7c6)nc(-c6ccc7ccccc7c6)n5)ccc4c3c2)c([2H])c1[2H]. The van der Waals surface area contributed by atoms with Gasteiger partial charge >= 0.3 is 0 Å². The molecule has 0 aliphatic carbocycles. The van der Waals surface area contributed by atoms with E-state index in [-0.39, 0.29) is 22.3 Å². The Balaban J connectivity index is 1.22. The summed E-state index contributed by atoms with van der Waals surface area (Å²) >= 11 is 1.35. The molecule has 8 aromatic carbocycles. The van der Waals surface area contributed by atoms with Gasteiger partial charge in [-0.2, -0.15) is 0 Å². The zero-order chi connectivity index (χ0) is 42.4. The molecule has 4 heteroatoms. The molecule has 0 amide bonds. The van der Waals surface area contributed by atoms with Crippen LogP contribution in [-0.4, -0.2) is 15.0 Å². The topological polar surface area (TPSA) is 38.7 Å². The van der Waals surface area contributed by atoms with E-state index in [2.05, 4.69) is 24.3 Å².